The zero-order chi connectivity index (χ0) is 16.3. The average molecular weight is 337 g/mol. The van der Waals surface area contributed by atoms with Crippen molar-refractivity contribution in [3.63, 3.8) is 0 Å². The lowest BCUT2D eigenvalue weighted by Gasteiger charge is -2.26. The first-order valence-electron chi connectivity index (χ1n) is 6.36. The summed E-state index contributed by atoms with van der Waals surface area (Å²) >= 11 is 1.24. The highest BCUT2D eigenvalue weighted by molar-refractivity contribution is 8.00. The number of halogens is 3. The Kier molecular flexibility index (Phi) is 5.20. The molecule has 0 aromatic heterocycles. The molecule has 2 N–H and O–H groups in total. The molecule has 1 aliphatic heterocycles. The van der Waals surface area contributed by atoms with E-state index in [0.717, 1.165) is 0 Å². The monoisotopic (exact) mass is 337 g/mol. The minimum absolute atomic E-state index is 0.0860. The maximum atomic E-state index is 12.3. The molecule has 1 saturated heterocycles. The lowest BCUT2D eigenvalue weighted by molar-refractivity contribution is -0.274. The van der Waals surface area contributed by atoms with Crippen LogP contribution in [0.1, 0.15) is 10.9 Å². The maximum Gasteiger partial charge on any atom is 0.573 e. The average Bonchev–Trinajstić information content (AvgIpc) is 2.78. The number of ether oxygens (including phenoxy) is 1. The molecule has 2 unspecified atom stereocenters. The number of benzene rings is 1. The highest BCUT2D eigenvalue weighted by atomic mass is 32.2. The van der Waals surface area contributed by atoms with Gasteiger partial charge in [-0.3, -0.25) is 4.79 Å². The second kappa shape index (κ2) is 6.76. The SMILES string of the molecule is O=C1CSC(c2cccc(OC(F)(F)F)c2)N1CC(O)CO. The molecule has 1 heterocycles. The van der Waals surface area contributed by atoms with Gasteiger partial charge in [-0.15, -0.1) is 24.9 Å². The highest BCUT2D eigenvalue weighted by Crippen LogP contribution is 2.40. The molecule has 1 aromatic rings. The highest BCUT2D eigenvalue weighted by Gasteiger charge is 2.35. The van der Waals surface area contributed by atoms with E-state index in [0.29, 0.717) is 5.56 Å². The fourth-order valence-corrected chi connectivity index (χ4v) is 3.27. The molecule has 0 aliphatic carbocycles. The molecule has 1 aliphatic rings. The van der Waals surface area contributed by atoms with Gasteiger partial charge in [-0.05, 0) is 17.7 Å². The molecule has 1 fully saturated rings. The number of aliphatic hydroxyl groups is 2. The van der Waals surface area contributed by atoms with E-state index in [4.69, 9.17) is 5.11 Å². The standard InChI is InChI=1S/C13H14F3NO4S/c14-13(15,16)21-10-3-1-2-8(4-10)12-17(5-9(19)6-18)11(20)7-22-12/h1-4,9,12,18-19H,5-7H2. The molecule has 0 saturated carbocycles. The van der Waals surface area contributed by atoms with Crippen LogP contribution >= 0.6 is 11.8 Å². The Morgan fingerprint density at radius 1 is 1.45 bits per heavy atom. The van der Waals surface area contributed by atoms with E-state index in [2.05, 4.69) is 4.74 Å². The first-order valence-corrected chi connectivity index (χ1v) is 7.41. The van der Waals surface area contributed by atoms with Gasteiger partial charge in [0.1, 0.15) is 11.1 Å². The van der Waals surface area contributed by atoms with Crippen molar-refractivity contribution >= 4 is 17.7 Å². The van der Waals surface area contributed by atoms with Gasteiger partial charge in [0.05, 0.1) is 25.0 Å². The largest absolute Gasteiger partial charge is 0.573 e. The van der Waals surface area contributed by atoms with E-state index in [-0.39, 0.29) is 24.0 Å². The van der Waals surface area contributed by atoms with Crippen LogP contribution in [0.5, 0.6) is 5.75 Å². The van der Waals surface area contributed by atoms with Crippen LogP contribution in [0.2, 0.25) is 0 Å². The van der Waals surface area contributed by atoms with Gasteiger partial charge in [0, 0.05) is 0 Å². The number of thioether (sulfide) groups is 1. The van der Waals surface area contributed by atoms with E-state index < -0.39 is 24.4 Å². The lowest BCUT2D eigenvalue weighted by Crippen LogP contribution is -2.37. The Bertz CT molecular complexity index is 540. The molecular weight excluding hydrogens is 323 g/mol. The van der Waals surface area contributed by atoms with Gasteiger partial charge in [-0.2, -0.15) is 0 Å². The summed E-state index contributed by atoms with van der Waals surface area (Å²) in [6.07, 6.45) is -5.89. The molecule has 0 spiro atoms. The second-order valence-corrected chi connectivity index (χ2v) is 5.73. The van der Waals surface area contributed by atoms with E-state index in [1.54, 1.807) is 6.07 Å². The van der Waals surface area contributed by atoms with Crippen LogP contribution in [0, 0.1) is 0 Å². The zero-order valence-electron chi connectivity index (χ0n) is 11.3. The summed E-state index contributed by atoms with van der Waals surface area (Å²) < 4.78 is 40.6. The minimum Gasteiger partial charge on any atom is -0.406 e. The molecule has 1 aromatic carbocycles. The number of hydrogen-bond donors (Lipinski definition) is 2. The van der Waals surface area contributed by atoms with Crippen LogP contribution in [0.3, 0.4) is 0 Å². The van der Waals surface area contributed by atoms with Crippen LogP contribution in [0.25, 0.3) is 0 Å². The molecule has 0 radical (unpaired) electrons. The van der Waals surface area contributed by atoms with Gasteiger partial charge in [0.2, 0.25) is 5.91 Å². The minimum atomic E-state index is -4.79. The molecule has 0 bridgehead atoms. The van der Waals surface area contributed by atoms with Crippen LogP contribution in [-0.2, 0) is 4.79 Å². The van der Waals surface area contributed by atoms with E-state index in [1.807, 2.05) is 0 Å². The van der Waals surface area contributed by atoms with Crippen molar-refractivity contribution in [3.05, 3.63) is 29.8 Å². The number of nitrogens with zero attached hydrogens (tertiary/aromatic N) is 1. The molecule has 2 atom stereocenters. The third-order valence-corrected chi connectivity index (χ3v) is 4.22. The van der Waals surface area contributed by atoms with Crippen LogP contribution in [0.4, 0.5) is 13.2 Å². The topological polar surface area (TPSA) is 70.0 Å². The maximum absolute atomic E-state index is 12.3. The first-order chi connectivity index (χ1) is 10.3. The van der Waals surface area contributed by atoms with Crippen molar-refractivity contribution in [1.29, 1.82) is 0 Å². The summed E-state index contributed by atoms with van der Waals surface area (Å²) in [6, 6.07) is 5.37. The molecule has 22 heavy (non-hydrogen) atoms. The van der Waals surface area contributed by atoms with Crippen LogP contribution in [-0.4, -0.2) is 52.4 Å². The Morgan fingerprint density at radius 3 is 2.82 bits per heavy atom. The molecule has 5 nitrogen and oxygen atoms in total. The predicted molar refractivity (Wildman–Crippen MR) is 73.1 cm³/mol. The molecule has 2 rings (SSSR count). The summed E-state index contributed by atoms with van der Waals surface area (Å²) in [4.78, 5) is 13.2. The number of aliphatic hydroxyl groups excluding tert-OH is 2. The predicted octanol–water partition coefficient (Wildman–Crippen LogP) is 1.51. The molecular formula is C13H14F3NO4S. The Labute approximate surface area is 128 Å². The number of alkyl halides is 3. The van der Waals surface area contributed by atoms with E-state index >= 15 is 0 Å². The van der Waals surface area contributed by atoms with Gasteiger partial charge in [-0.25, -0.2) is 0 Å². The van der Waals surface area contributed by atoms with Crippen molar-refractivity contribution in [1.82, 2.24) is 4.90 Å². The zero-order valence-corrected chi connectivity index (χ0v) is 12.1. The third kappa shape index (κ3) is 4.28. The number of β-amino-alcohol motifs (C(OH)–C–C–N with tert-alkyl or cyclic N) is 1. The first kappa shape index (κ1) is 16.9. The van der Waals surface area contributed by atoms with Crippen LogP contribution in [0.15, 0.2) is 24.3 Å². The summed E-state index contributed by atoms with van der Waals surface area (Å²) in [6.45, 7) is -0.588. The third-order valence-electron chi connectivity index (χ3n) is 2.96. The Hall–Kier alpha value is -1.45. The second-order valence-electron chi connectivity index (χ2n) is 4.67. The molecule has 9 heteroatoms. The number of carbonyl (C=O) groups excluding carboxylic acids is 1. The summed E-state index contributed by atoms with van der Waals surface area (Å²) in [5.74, 6) is -0.454. The smallest absolute Gasteiger partial charge is 0.406 e. The number of rotatable bonds is 5. The van der Waals surface area contributed by atoms with Gasteiger partial charge in [-0.1, -0.05) is 12.1 Å². The lowest BCUT2D eigenvalue weighted by atomic mass is 10.2. The fraction of sp³-hybridized carbons (Fsp3) is 0.462. The normalized spacial score (nSPS) is 20.3. The van der Waals surface area contributed by atoms with Crippen molar-refractivity contribution in [2.24, 2.45) is 0 Å². The Morgan fingerprint density at radius 2 is 2.18 bits per heavy atom. The summed E-state index contributed by atoms with van der Waals surface area (Å²) in [5, 5.41) is 17.8. The van der Waals surface area contributed by atoms with Crippen molar-refractivity contribution in [2.75, 3.05) is 18.9 Å². The fourth-order valence-electron chi connectivity index (χ4n) is 2.08. The number of carbonyl (C=O) groups is 1. The molecule has 122 valence electrons. The summed E-state index contributed by atoms with van der Waals surface area (Å²) in [7, 11) is 0. The molecule has 1 amide bonds. The van der Waals surface area contributed by atoms with Gasteiger partial charge in [0.15, 0.2) is 0 Å². The van der Waals surface area contributed by atoms with E-state index in [9.17, 15) is 23.1 Å². The Balaban J connectivity index is 2.19. The number of amides is 1. The quantitative estimate of drug-likeness (QED) is 0.852. The van der Waals surface area contributed by atoms with Gasteiger partial charge in [0.25, 0.3) is 0 Å². The van der Waals surface area contributed by atoms with Crippen molar-refractivity contribution < 1.29 is 32.9 Å². The van der Waals surface area contributed by atoms with Crippen molar-refractivity contribution in [3.8, 4) is 5.75 Å². The van der Waals surface area contributed by atoms with Gasteiger partial charge >= 0.3 is 6.36 Å². The summed E-state index contributed by atoms with van der Waals surface area (Å²) in [5.41, 5.74) is 0.461. The van der Waals surface area contributed by atoms with E-state index in [1.165, 1.54) is 34.9 Å². The van der Waals surface area contributed by atoms with Gasteiger partial charge < -0.3 is 19.8 Å². The van der Waals surface area contributed by atoms with Crippen molar-refractivity contribution in [2.45, 2.75) is 17.8 Å². The van der Waals surface area contributed by atoms with Crippen LogP contribution < -0.4 is 4.74 Å². The number of hydrogen-bond acceptors (Lipinski definition) is 5.